The Morgan fingerprint density at radius 1 is 1.30 bits per heavy atom. The lowest BCUT2D eigenvalue weighted by atomic mass is 10.1. The van der Waals surface area contributed by atoms with E-state index >= 15 is 0 Å². The van der Waals surface area contributed by atoms with Crippen LogP contribution in [-0.2, 0) is 9.84 Å². The molecule has 0 saturated carbocycles. The second-order valence-corrected chi connectivity index (χ2v) is 9.50. The van der Waals surface area contributed by atoms with Gasteiger partial charge in [0.15, 0.2) is 9.84 Å². The lowest BCUT2D eigenvalue weighted by Gasteiger charge is -2.14. The van der Waals surface area contributed by atoms with Crippen LogP contribution in [0, 0.1) is 17.1 Å². The van der Waals surface area contributed by atoms with E-state index in [0.29, 0.717) is 0 Å². The highest BCUT2D eigenvalue weighted by Gasteiger charge is 2.54. The first-order valence-corrected chi connectivity index (χ1v) is 10.6. The van der Waals surface area contributed by atoms with Crippen molar-refractivity contribution in [2.45, 2.75) is 21.2 Å². The third-order valence-electron chi connectivity index (χ3n) is 3.87. The van der Waals surface area contributed by atoms with E-state index in [4.69, 9.17) is 10.00 Å². The molecule has 0 aliphatic carbocycles. The fourth-order valence-electron chi connectivity index (χ4n) is 2.68. The maximum Gasteiger partial charge on any atom is 0.327 e. The van der Waals surface area contributed by atoms with E-state index in [1.807, 2.05) is 0 Å². The van der Waals surface area contributed by atoms with Crippen molar-refractivity contribution < 1.29 is 30.7 Å². The second-order valence-electron chi connectivity index (χ2n) is 5.78. The summed E-state index contributed by atoms with van der Waals surface area (Å²) in [5.74, 6) is 1.84. The van der Waals surface area contributed by atoms with Crippen LogP contribution in [0.1, 0.15) is 17.3 Å². The Balaban J connectivity index is 2.22. The van der Waals surface area contributed by atoms with E-state index in [2.05, 4.69) is 5.87 Å². The predicted octanol–water partition coefficient (Wildman–Crippen LogP) is 4.57. The molecule has 4 nitrogen and oxygen atoms in total. The van der Waals surface area contributed by atoms with Gasteiger partial charge >= 0.3 is 5.25 Å². The summed E-state index contributed by atoms with van der Waals surface area (Å²) in [4.78, 5) is -0.899. The molecule has 1 heterocycles. The Kier molecular flexibility index (Phi) is 4.56. The van der Waals surface area contributed by atoms with Gasteiger partial charge in [-0.1, -0.05) is 16.4 Å². The number of benzene rings is 2. The molecule has 2 aromatic rings. The van der Waals surface area contributed by atoms with Gasteiger partial charge in [-0.15, -0.1) is 0 Å². The molecule has 0 N–H and O–H groups in total. The van der Waals surface area contributed by atoms with Crippen LogP contribution in [0.5, 0.6) is 11.5 Å². The van der Waals surface area contributed by atoms with Gasteiger partial charge in [-0.3, -0.25) is 0 Å². The first kappa shape index (κ1) is 19.4. The van der Waals surface area contributed by atoms with Crippen LogP contribution in [0.4, 0.5) is 17.6 Å². The minimum absolute atomic E-state index is 0.0894. The van der Waals surface area contributed by atoms with E-state index < -0.39 is 58.7 Å². The number of nitriles is 1. The van der Waals surface area contributed by atoms with Crippen molar-refractivity contribution in [1.29, 1.82) is 5.26 Å². The normalized spacial score (nSPS) is 20.7. The van der Waals surface area contributed by atoms with Crippen LogP contribution < -0.4 is 4.74 Å². The second kappa shape index (κ2) is 6.35. The Labute approximate surface area is 154 Å². The van der Waals surface area contributed by atoms with Gasteiger partial charge in [-0.25, -0.2) is 17.2 Å². The number of rotatable bonds is 3. The maximum atomic E-state index is 14.5. The zero-order valence-corrected chi connectivity index (χ0v) is 15.3. The molecule has 142 valence electrons. The third-order valence-corrected chi connectivity index (χ3v) is 6.94. The number of halogens is 4. The number of sulfone groups is 1. The summed E-state index contributed by atoms with van der Waals surface area (Å²) in [5, 5.41) is 4.96. The summed E-state index contributed by atoms with van der Waals surface area (Å²) in [7, 11) is -6.20. The molecule has 27 heavy (non-hydrogen) atoms. The van der Waals surface area contributed by atoms with Crippen molar-refractivity contribution in [3.05, 3.63) is 47.3 Å². The van der Waals surface area contributed by atoms with Crippen molar-refractivity contribution in [1.82, 2.24) is 0 Å². The Hall–Kier alpha value is -2.38. The van der Waals surface area contributed by atoms with Crippen LogP contribution in [0.15, 0.2) is 40.1 Å². The summed E-state index contributed by atoms with van der Waals surface area (Å²) < 4.78 is 85.7. The third kappa shape index (κ3) is 3.21. The predicted molar refractivity (Wildman–Crippen MR) is 92.5 cm³/mol. The van der Waals surface area contributed by atoms with Gasteiger partial charge < -0.3 is 4.74 Å². The number of hydrogen-bond acceptors (Lipinski definition) is 4. The number of fused-ring (bicyclic) bond motifs is 1. The lowest BCUT2D eigenvalue weighted by molar-refractivity contribution is 0.0174. The van der Waals surface area contributed by atoms with Gasteiger partial charge in [0.1, 0.15) is 17.3 Å². The van der Waals surface area contributed by atoms with Crippen LogP contribution in [0.3, 0.4) is 0 Å². The van der Waals surface area contributed by atoms with E-state index in [9.17, 15) is 26.0 Å². The maximum absolute atomic E-state index is 14.5. The molecule has 0 saturated heterocycles. The summed E-state index contributed by atoms with van der Waals surface area (Å²) in [6.07, 6.45) is -2.02. The van der Waals surface area contributed by atoms with E-state index in [1.165, 1.54) is 0 Å². The van der Waals surface area contributed by atoms with Gasteiger partial charge in [0.05, 0.1) is 22.1 Å². The highest BCUT2D eigenvalue weighted by Crippen LogP contribution is 2.63. The van der Waals surface area contributed by atoms with Gasteiger partial charge in [0.25, 0.3) is 0 Å². The SMILES string of the molecule is C=S1c2c(S(C)(=O)=O)ccc(Oc3cc(F)cc(C#N)c3)c2[C@H](F)C1(F)F. The van der Waals surface area contributed by atoms with Gasteiger partial charge in [-0.2, -0.15) is 14.0 Å². The zero-order valence-electron chi connectivity index (χ0n) is 13.7. The molecule has 1 unspecified atom stereocenters. The molecular weight excluding hydrogens is 406 g/mol. The average molecular weight is 417 g/mol. The van der Waals surface area contributed by atoms with Crippen molar-refractivity contribution in [2.75, 3.05) is 6.26 Å². The molecule has 10 heteroatoms. The van der Waals surface area contributed by atoms with Crippen molar-refractivity contribution in [3.8, 4) is 17.6 Å². The number of hydrogen-bond donors (Lipinski definition) is 0. The minimum Gasteiger partial charge on any atom is -0.457 e. The molecule has 0 aromatic heterocycles. The molecule has 2 atom stereocenters. The lowest BCUT2D eigenvalue weighted by Crippen LogP contribution is -2.14. The van der Waals surface area contributed by atoms with Gasteiger partial charge in [0.2, 0.25) is 6.17 Å². The minimum atomic E-state index is -3.93. The van der Waals surface area contributed by atoms with E-state index in [0.717, 1.165) is 36.6 Å². The van der Waals surface area contributed by atoms with Crippen LogP contribution in [0.2, 0.25) is 0 Å². The fraction of sp³-hybridized carbons (Fsp3) is 0.176. The van der Waals surface area contributed by atoms with E-state index in [-0.39, 0.29) is 11.3 Å². The van der Waals surface area contributed by atoms with Gasteiger partial charge in [-0.05, 0) is 24.3 Å². The molecule has 1 aliphatic rings. The first-order valence-electron chi connectivity index (χ1n) is 7.28. The molecule has 2 aromatic carbocycles. The molecule has 1 aliphatic heterocycles. The fourth-order valence-corrected chi connectivity index (χ4v) is 5.62. The molecule has 0 fully saturated rings. The molecular formula is C17H11F4NO3S2. The summed E-state index contributed by atoms with van der Waals surface area (Å²) >= 11 is 0. The smallest absolute Gasteiger partial charge is 0.327 e. The largest absolute Gasteiger partial charge is 0.457 e. The van der Waals surface area contributed by atoms with Crippen molar-refractivity contribution in [2.24, 2.45) is 0 Å². The van der Waals surface area contributed by atoms with Crippen LogP contribution in [0.25, 0.3) is 0 Å². The Bertz CT molecular complexity index is 1120. The molecule has 0 amide bonds. The van der Waals surface area contributed by atoms with Gasteiger partial charge in [0, 0.05) is 17.2 Å². The average Bonchev–Trinajstić information content (AvgIpc) is 2.75. The summed E-state index contributed by atoms with van der Waals surface area (Å²) in [6.45, 7) is 0. The Morgan fingerprint density at radius 3 is 2.56 bits per heavy atom. The quantitative estimate of drug-likeness (QED) is 0.542. The zero-order chi connectivity index (χ0) is 20.1. The number of nitrogens with zero attached hydrogens (tertiary/aromatic N) is 1. The monoisotopic (exact) mass is 417 g/mol. The Morgan fingerprint density at radius 2 is 1.96 bits per heavy atom. The van der Waals surface area contributed by atoms with Crippen molar-refractivity contribution >= 4 is 26.2 Å². The number of alkyl halides is 3. The summed E-state index contributed by atoms with van der Waals surface area (Å²) in [5.41, 5.74) is -0.725. The number of ether oxygens (including phenoxy) is 1. The molecule has 3 rings (SSSR count). The molecule has 0 spiro atoms. The highest BCUT2D eigenvalue weighted by molar-refractivity contribution is 8.15. The first-order chi connectivity index (χ1) is 12.5. The standard InChI is InChI=1S/C17H11F4NO3S2/c1-26-15-13(27(2,23)24)4-3-12(14(15)16(19)17(26,20)21)25-11-6-9(8-22)5-10(18)7-11/h3-7,16H,1H2,2H3/t16-,26?/m0/s1. The molecule has 0 radical (unpaired) electrons. The molecule has 0 bridgehead atoms. The van der Waals surface area contributed by atoms with Crippen molar-refractivity contribution in [3.63, 3.8) is 0 Å². The summed E-state index contributed by atoms with van der Waals surface area (Å²) in [6, 6.07) is 6.72. The van der Waals surface area contributed by atoms with E-state index in [1.54, 1.807) is 6.07 Å². The highest BCUT2D eigenvalue weighted by atomic mass is 32.2. The topological polar surface area (TPSA) is 67.2 Å². The van der Waals surface area contributed by atoms with Crippen LogP contribution >= 0.6 is 10.5 Å². The van der Waals surface area contributed by atoms with Crippen LogP contribution in [-0.4, -0.2) is 25.8 Å².